The van der Waals surface area contributed by atoms with Gasteiger partial charge in [0.25, 0.3) is 0 Å². The third-order valence-electron chi connectivity index (χ3n) is 2.40. The van der Waals surface area contributed by atoms with E-state index in [4.69, 9.17) is 16.3 Å². The highest BCUT2D eigenvalue weighted by atomic mass is 35.5. The molecule has 1 N–H and O–H groups in total. The fourth-order valence-electron chi connectivity index (χ4n) is 1.47. The van der Waals surface area contributed by atoms with E-state index >= 15 is 0 Å². The van der Waals surface area contributed by atoms with Crippen LogP contribution >= 0.6 is 34.9 Å². The molecule has 0 radical (unpaired) electrons. The molecule has 4 nitrogen and oxygen atoms in total. The highest BCUT2D eigenvalue weighted by molar-refractivity contribution is 7.98. The van der Waals surface area contributed by atoms with Gasteiger partial charge in [0.15, 0.2) is 0 Å². The monoisotopic (exact) mass is 315 g/mol. The fourth-order valence-corrected chi connectivity index (χ4v) is 2.97. The summed E-state index contributed by atoms with van der Waals surface area (Å²) in [7, 11) is 1.67. The zero-order valence-electron chi connectivity index (χ0n) is 10.6. The Morgan fingerprint density at radius 2 is 2.32 bits per heavy atom. The van der Waals surface area contributed by atoms with Crippen molar-refractivity contribution < 1.29 is 4.74 Å². The quantitative estimate of drug-likeness (QED) is 0.821. The van der Waals surface area contributed by atoms with Gasteiger partial charge in [0.05, 0.1) is 11.6 Å². The third kappa shape index (κ3) is 4.07. The average Bonchev–Trinajstić information content (AvgIpc) is 2.84. The molecule has 1 aromatic carbocycles. The molecule has 0 aliphatic rings. The van der Waals surface area contributed by atoms with E-state index in [1.807, 2.05) is 24.5 Å². The standard InChI is InChI=1S/C12H14ClN3OS2/c1-17-6-5-11-15-12(19-16-11)14-8-3-4-10(18-2)9(13)7-8/h3-4,7H,5-6H2,1-2H3,(H,14,15,16). The maximum absolute atomic E-state index is 6.16. The van der Waals surface area contributed by atoms with Crippen LogP contribution in [-0.2, 0) is 11.2 Å². The molecule has 1 aromatic heterocycles. The van der Waals surface area contributed by atoms with Crippen molar-refractivity contribution in [2.45, 2.75) is 11.3 Å². The van der Waals surface area contributed by atoms with Crippen LogP contribution in [0, 0.1) is 0 Å². The van der Waals surface area contributed by atoms with Crippen LogP contribution in [0.5, 0.6) is 0 Å². The number of benzene rings is 1. The van der Waals surface area contributed by atoms with Crippen LogP contribution in [0.3, 0.4) is 0 Å². The van der Waals surface area contributed by atoms with Gasteiger partial charge in [0, 0.05) is 35.6 Å². The van der Waals surface area contributed by atoms with E-state index in [0.29, 0.717) is 6.61 Å². The van der Waals surface area contributed by atoms with Gasteiger partial charge in [-0.25, -0.2) is 4.98 Å². The molecule has 0 fully saturated rings. The molecule has 0 spiro atoms. The van der Waals surface area contributed by atoms with Crippen molar-refractivity contribution in [3.05, 3.63) is 29.0 Å². The molecule has 2 rings (SSSR count). The number of thioether (sulfide) groups is 1. The van der Waals surface area contributed by atoms with Gasteiger partial charge in [-0.1, -0.05) is 11.6 Å². The highest BCUT2D eigenvalue weighted by Gasteiger charge is 2.06. The van der Waals surface area contributed by atoms with Gasteiger partial charge in [-0.2, -0.15) is 4.37 Å². The van der Waals surface area contributed by atoms with Crippen molar-refractivity contribution in [1.82, 2.24) is 9.36 Å². The van der Waals surface area contributed by atoms with Crippen LogP contribution < -0.4 is 5.32 Å². The number of methoxy groups -OCH3 is 1. The summed E-state index contributed by atoms with van der Waals surface area (Å²) < 4.78 is 9.26. The van der Waals surface area contributed by atoms with Crippen molar-refractivity contribution in [2.24, 2.45) is 0 Å². The average molecular weight is 316 g/mol. The van der Waals surface area contributed by atoms with E-state index in [2.05, 4.69) is 14.7 Å². The Morgan fingerprint density at radius 1 is 1.47 bits per heavy atom. The number of ether oxygens (including phenoxy) is 1. The predicted molar refractivity (Wildman–Crippen MR) is 82.0 cm³/mol. The summed E-state index contributed by atoms with van der Waals surface area (Å²) in [4.78, 5) is 5.44. The van der Waals surface area contributed by atoms with E-state index in [1.54, 1.807) is 18.9 Å². The van der Waals surface area contributed by atoms with E-state index in [1.165, 1.54) is 11.5 Å². The minimum absolute atomic E-state index is 0.629. The van der Waals surface area contributed by atoms with Gasteiger partial charge in [-0.3, -0.25) is 0 Å². The van der Waals surface area contributed by atoms with Crippen LogP contribution in [0.1, 0.15) is 5.82 Å². The number of halogens is 1. The van der Waals surface area contributed by atoms with Crippen LogP contribution in [0.25, 0.3) is 0 Å². The molecule has 0 amide bonds. The normalized spacial score (nSPS) is 10.7. The van der Waals surface area contributed by atoms with Crippen LogP contribution in [-0.4, -0.2) is 29.3 Å². The van der Waals surface area contributed by atoms with Crippen molar-refractivity contribution in [2.75, 3.05) is 25.3 Å². The van der Waals surface area contributed by atoms with Gasteiger partial charge in [0.2, 0.25) is 5.13 Å². The molecular weight excluding hydrogens is 302 g/mol. The predicted octanol–water partition coefficient (Wildman–Crippen LogP) is 3.85. The molecule has 0 saturated heterocycles. The second-order valence-electron chi connectivity index (χ2n) is 3.73. The minimum atomic E-state index is 0.629. The molecule has 2 aromatic rings. The lowest BCUT2D eigenvalue weighted by Crippen LogP contribution is -1.97. The van der Waals surface area contributed by atoms with Gasteiger partial charge < -0.3 is 10.1 Å². The highest BCUT2D eigenvalue weighted by Crippen LogP contribution is 2.29. The number of hydrogen-bond acceptors (Lipinski definition) is 6. The van der Waals surface area contributed by atoms with E-state index in [9.17, 15) is 0 Å². The zero-order chi connectivity index (χ0) is 13.7. The zero-order valence-corrected chi connectivity index (χ0v) is 13.0. The Balaban J connectivity index is 2.04. The number of aromatic nitrogens is 2. The summed E-state index contributed by atoms with van der Waals surface area (Å²) in [5.74, 6) is 0.793. The molecule has 0 bridgehead atoms. The summed E-state index contributed by atoms with van der Waals surface area (Å²) in [5, 5.41) is 4.70. The van der Waals surface area contributed by atoms with E-state index < -0.39 is 0 Å². The Kier molecular flexibility index (Phi) is 5.45. The molecule has 102 valence electrons. The molecule has 0 unspecified atom stereocenters. The molecule has 0 aliphatic carbocycles. The van der Waals surface area contributed by atoms with Crippen LogP contribution in [0.4, 0.5) is 10.8 Å². The Morgan fingerprint density at radius 3 is 3.00 bits per heavy atom. The van der Waals surface area contributed by atoms with E-state index in [0.717, 1.165) is 33.0 Å². The summed E-state index contributed by atoms with van der Waals surface area (Å²) in [6.45, 7) is 0.629. The molecule has 19 heavy (non-hydrogen) atoms. The lowest BCUT2D eigenvalue weighted by atomic mass is 10.3. The van der Waals surface area contributed by atoms with E-state index in [-0.39, 0.29) is 0 Å². The Hall–Kier alpha value is -0.820. The van der Waals surface area contributed by atoms with Gasteiger partial charge in [0.1, 0.15) is 5.82 Å². The fraction of sp³-hybridized carbons (Fsp3) is 0.333. The first-order chi connectivity index (χ1) is 9.22. The number of nitrogens with zero attached hydrogens (tertiary/aromatic N) is 2. The molecule has 0 saturated carbocycles. The number of hydrogen-bond donors (Lipinski definition) is 1. The topological polar surface area (TPSA) is 47.0 Å². The Labute approximate surface area is 125 Å². The summed E-state index contributed by atoms with van der Waals surface area (Å²) in [6.07, 6.45) is 2.72. The lowest BCUT2D eigenvalue weighted by molar-refractivity contribution is 0.201. The maximum Gasteiger partial charge on any atom is 0.207 e. The minimum Gasteiger partial charge on any atom is -0.384 e. The van der Waals surface area contributed by atoms with Crippen molar-refractivity contribution in [3.8, 4) is 0 Å². The molecule has 0 atom stereocenters. The number of nitrogens with one attached hydrogen (secondary N) is 1. The van der Waals surface area contributed by atoms with Crippen molar-refractivity contribution in [3.63, 3.8) is 0 Å². The maximum atomic E-state index is 6.16. The summed E-state index contributed by atoms with van der Waals surface area (Å²) >= 11 is 9.12. The van der Waals surface area contributed by atoms with Gasteiger partial charge in [-0.05, 0) is 24.5 Å². The first-order valence-corrected chi connectivity index (χ1v) is 8.02. The molecule has 0 aliphatic heterocycles. The smallest absolute Gasteiger partial charge is 0.207 e. The van der Waals surface area contributed by atoms with Crippen molar-refractivity contribution >= 4 is 45.7 Å². The largest absolute Gasteiger partial charge is 0.384 e. The SMILES string of the molecule is COCCc1nsc(Nc2ccc(SC)c(Cl)c2)n1. The number of anilines is 2. The molecular formula is C12H14ClN3OS2. The van der Waals surface area contributed by atoms with Crippen LogP contribution in [0.2, 0.25) is 5.02 Å². The third-order valence-corrected chi connectivity index (χ3v) is 4.29. The first kappa shape index (κ1) is 14.6. The second kappa shape index (κ2) is 7.09. The van der Waals surface area contributed by atoms with Crippen molar-refractivity contribution in [1.29, 1.82) is 0 Å². The molecule has 7 heteroatoms. The second-order valence-corrected chi connectivity index (χ2v) is 5.74. The molecule has 1 heterocycles. The number of rotatable bonds is 6. The van der Waals surface area contributed by atoms with Gasteiger partial charge in [-0.15, -0.1) is 11.8 Å². The summed E-state index contributed by atoms with van der Waals surface area (Å²) in [6, 6.07) is 5.86. The van der Waals surface area contributed by atoms with Crippen LogP contribution in [0.15, 0.2) is 23.1 Å². The summed E-state index contributed by atoms with van der Waals surface area (Å²) in [5.41, 5.74) is 0.914. The lowest BCUT2D eigenvalue weighted by Gasteiger charge is -2.05. The first-order valence-electron chi connectivity index (χ1n) is 5.65. The Bertz CT molecular complexity index is 548. The van der Waals surface area contributed by atoms with Gasteiger partial charge >= 0.3 is 0 Å².